The van der Waals surface area contributed by atoms with Gasteiger partial charge in [0.15, 0.2) is 5.70 Å². The van der Waals surface area contributed by atoms with Gasteiger partial charge in [-0.3, -0.25) is 0 Å². The normalized spacial score (nSPS) is 18.4. The largest absolute Gasteiger partial charge is 0.416 e. The van der Waals surface area contributed by atoms with Gasteiger partial charge in [0.2, 0.25) is 11.8 Å². The van der Waals surface area contributed by atoms with Crippen LogP contribution < -0.4 is 4.90 Å². The number of fused-ring (bicyclic) bond motifs is 1. The number of anilines is 1. The molecule has 1 saturated heterocycles. The molecule has 3 heterocycles. The van der Waals surface area contributed by atoms with E-state index >= 15 is 0 Å². The van der Waals surface area contributed by atoms with E-state index in [2.05, 4.69) is 19.9 Å². The Morgan fingerprint density at radius 1 is 1.03 bits per heavy atom. The van der Waals surface area contributed by atoms with Gasteiger partial charge in [0.25, 0.3) is 0 Å². The number of hydrogen-bond acceptors (Lipinski definition) is 6. The molecule has 0 amide bonds. The minimum atomic E-state index is -4.49. The zero-order chi connectivity index (χ0) is 22.3. The fourth-order valence-corrected chi connectivity index (χ4v) is 3.68. The van der Waals surface area contributed by atoms with Crippen molar-refractivity contribution < 1.29 is 22.7 Å². The van der Waals surface area contributed by atoms with Crippen molar-refractivity contribution in [1.29, 1.82) is 0 Å². The Bertz CT molecular complexity index is 1210. The molecule has 5 rings (SSSR count). The Morgan fingerprint density at radius 2 is 1.81 bits per heavy atom. The SMILES string of the molecule is O=C1OC(c2cccc(C(F)(F)F)c2)=N/C1=C/N1CCN(c2nc3ccccc3[nH]2)CC1. The summed E-state index contributed by atoms with van der Waals surface area (Å²) in [5, 5.41) is 0. The van der Waals surface area contributed by atoms with Crippen LogP contribution in [0.2, 0.25) is 0 Å². The summed E-state index contributed by atoms with van der Waals surface area (Å²) in [7, 11) is 0. The standard InChI is InChI=1S/C22H18F3N5O2/c23-22(24,25)15-5-3-4-14(12-15)19-26-18(20(31)32-19)13-29-8-10-30(11-9-29)21-27-16-6-1-2-7-17(16)28-21/h1-7,12-13H,8-11H2,(H,27,28)/b18-13+. The second-order valence-corrected chi connectivity index (χ2v) is 7.50. The van der Waals surface area contributed by atoms with E-state index in [1.807, 2.05) is 29.2 Å². The Hall–Kier alpha value is -3.82. The number of hydrogen-bond donors (Lipinski definition) is 1. The van der Waals surface area contributed by atoms with Crippen LogP contribution in [-0.4, -0.2) is 52.9 Å². The van der Waals surface area contributed by atoms with Crippen molar-refractivity contribution in [2.45, 2.75) is 6.18 Å². The lowest BCUT2D eigenvalue weighted by Gasteiger charge is -2.33. The number of nitrogens with one attached hydrogen (secondary N) is 1. The molecule has 0 aliphatic carbocycles. The average Bonchev–Trinajstić information content (AvgIpc) is 3.37. The maximum Gasteiger partial charge on any atom is 0.416 e. The second kappa shape index (κ2) is 7.70. The van der Waals surface area contributed by atoms with E-state index in [9.17, 15) is 18.0 Å². The van der Waals surface area contributed by atoms with Gasteiger partial charge in [-0.2, -0.15) is 13.2 Å². The minimum Gasteiger partial charge on any atom is -0.402 e. The van der Waals surface area contributed by atoms with Crippen LogP contribution in [0.25, 0.3) is 11.0 Å². The molecule has 0 spiro atoms. The third-order valence-corrected chi connectivity index (χ3v) is 5.35. The van der Waals surface area contributed by atoms with E-state index in [-0.39, 0.29) is 17.2 Å². The van der Waals surface area contributed by atoms with Gasteiger partial charge in [0.05, 0.1) is 16.6 Å². The first-order valence-corrected chi connectivity index (χ1v) is 10.0. The lowest BCUT2D eigenvalue weighted by atomic mass is 10.1. The summed E-state index contributed by atoms with van der Waals surface area (Å²) in [5.41, 5.74) is 1.21. The van der Waals surface area contributed by atoms with Crippen molar-refractivity contribution >= 4 is 28.8 Å². The van der Waals surface area contributed by atoms with Crippen LogP contribution in [0.1, 0.15) is 11.1 Å². The number of halogens is 3. The van der Waals surface area contributed by atoms with Crippen molar-refractivity contribution in [3.8, 4) is 0 Å². The van der Waals surface area contributed by atoms with Gasteiger partial charge in [0, 0.05) is 37.9 Å². The predicted octanol–water partition coefficient (Wildman–Crippen LogP) is 3.55. The summed E-state index contributed by atoms with van der Waals surface area (Å²) in [6, 6.07) is 12.4. The Morgan fingerprint density at radius 3 is 2.56 bits per heavy atom. The number of rotatable bonds is 3. The van der Waals surface area contributed by atoms with Crippen molar-refractivity contribution in [3.63, 3.8) is 0 Å². The maximum absolute atomic E-state index is 13.0. The number of alkyl halides is 3. The molecule has 0 unspecified atom stereocenters. The highest BCUT2D eigenvalue weighted by molar-refractivity contribution is 6.11. The first-order chi connectivity index (χ1) is 15.4. The van der Waals surface area contributed by atoms with Crippen molar-refractivity contribution in [2.75, 3.05) is 31.1 Å². The molecule has 2 aliphatic rings. The molecule has 164 valence electrons. The van der Waals surface area contributed by atoms with Crippen LogP contribution in [0.15, 0.2) is 65.4 Å². The number of carbonyl (C=O) groups is 1. The number of para-hydroxylation sites is 2. The van der Waals surface area contributed by atoms with Gasteiger partial charge in [-0.1, -0.05) is 18.2 Å². The van der Waals surface area contributed by atoms with Crippen LogP contribution in [0.5, 0.6) is 0 Å². The molecule has 7 nitrogen and oxygen atoms in total. The fraction of sp³-hybridized carbons (Fsp3) is 0.227. The number of aromatic nitrogens is 2. The lowest BCUT2D eigenvalue weighted by Crippen LogP contribution is -2.44. The molecular formula is C22H18F3N5O2. The Labute approximate surface area is 180 Å². The molecule has 1 fully saturated rings. The Balaban J connectivity index is 1.28. The highest BCUT2D eigenvalue weighted by Crippen LogP contribution is 2.30. The van der Waals surface area contributed by atoms with Gasteiger partial charge in [-0.25, -0.2) is 14.8 Å². The molecule has 1 aromatic heterocycles. The highest BCUT2D eigenvalue weighted by atomic mass is 19.4. The van der Waals surface area contributed by atoms with E-state index in [1.54, 1.807) is 6.20 Å². The predicted molar refractivity (Wildman–Crippen MR) is 112 cm³/mol. The average molecular weight is 441 g/mol. The monoisotopic (exact) mass is 441 g/mol. The molecule has 0 atom stereocenters. The first kappa shape index (κ1) is 20.1. The summed E-state index contributed by atoms with van der Waals surface area (Å²) in [6.07, 6.45) is -2.89. The molecule has 10 heteroatoms. The van der Waals surface area contributed by atoms with E-state index in [4.69, 9.17) is 4.74 Å². The van der Waals surface area contributed by atoms with E-state index in [0.29, 0.717) is 26.2 Å². The molecule has 1 N–H and O–H groups in total. The number of H-pyrrole nitrogens is 1. The molecule has 2 aliphatic heterocycles. The summed E-state index contributed by atoms with van der Waals surface area (Å²) < 4.78 is 44.0. The van der Waals surface area contributed by atoms with Crippen LogP contribution in [0.4, 0.5) is 19.1 Å². The topological polar surface area (TPSA) is 73.8 Å². The number of imidazole rings is 1. The number of piperazine rings is 1. The highest BCUT2D eigenvalue weighted by Gasteiger charge is 2.32. The molecule has 32 heavy (non-hydrogen) atoms. The fourth-order valence-electron chi connectivity index (χ4n) is 3.68. The number of benzene rings is 2. The summed E-state index contributed by atoms with van der Waals surface area (Å²) in [4.78, 5) is 28.3. The lowest BCUT2D eigenvalue weighted by molar-refractivity contribution is -0.137. The summed E-state index contributed by atoms with van der Waals surface area (Å²) >= 11 is 0. The molecule has 0 saturated carbocycles. The number of cyclic esters (lactones) is 1. The van der Waals surface area contributed by atoms with Crippen molar-refractivity contribution in [1.82, 2.24) is 14.9 Å². The molecular weight excluding hydrogens is 423 g/mol. The number of carbonyl (C=O) groups excluding carboxylic acids is 1. The van der Waals surface area contributed by atoms with Crippen LogP contribution in [0.3, 0.4) is 0 Å². The van der Waals surface area contributed by atoms with Gasteiger partial charge < -0.3 is 19.5 Å². The number of aliphatic imine (C=N–C) groups is 1. The summed E-state index contributed by atoms with van der Waals surface area (Å²) in [6.45, 7) is 2.62. The van der Waals surface area contributed by atoms with E-state index in [1.165, 1.54) is 12.1 Å². The van der Waals surface area contributed by atoms with Crippen LogP contribution >= 0.6 is 0 Å². The minimum absolute atomic E-state index is 0.0644. The third-order valence-electron chi connectivity index (χ3n) is 5.35. The van der Waals surface area contributed by atoms with Gasteiger partial charge in [0.1, 0.15) is 0 Å². The number of ether oxygens (including phenoxy) is 1. The quantitative estimate of drug-likeness (QED) is 0.497. The number of aromatic amines is 1. The zero-order valence-corrected chi connectivity index (χ0v) is 16.8. The molecule has 2 aromatic carbocycles. The number of esters is 1. The second-order valence-electron chi connectivity index (χ2n) is 7.50. The van der Waals surface area contributed by atoms with Crippen molar-refractivity contribution in [3.05, 3.63) is 71.6 Å². The van der Waals surface area contributed by atoms with Crippen LogP contribution in [0, 0.1) is 0 Å². The van der Waals surface area contributed by atoms with Crippen molar-refractivity contribution in [2.24, 2.45) is 4.99 Å². The van der Waals surface area contributed by atoms with E-state index in [0.717, 1.165) is 29.1 Å². The maximum atomic E-state index is 13.0. The summed E-state index contributed by atoms with van der Waals surface area (Å²) in [5.74, 6) is -0.0194. The Kier molecular flexibility index (Phi) is 4.84. The van der Waals surface area contributed by atoms with Crippen LogP contribution in [-0.2, 0) is 15.7 Å². The van der Waals surface area contributed by atoms with Gasteiger partial charge in [-0.15, -0.1) is 0 Å². The zero-order valence-electron chi connectivity index (χ0n) is 16.8. The third kappa shape index (κ3) is 3.91. The van der Waals surface area contributed by atoms with Gasteiger partial charge in [-0.05, 0) is 30.3 Å². The van der Waals surface area contributed by atoms with E-state index < -0.39 is 17.7 Å². The van der Waals surface area contributed by atoms with Gasteiger partial charge >= 0.3 is 12.1 Å². The smallest absolute Gasteiger partial charge is 0.402 e. The molecule has 0 radical (unpaired) electrons. The molecule has 0 bridgehead atoms. The number of nitrogens with zero attached hydrogens (tertiary/aromatic N) is 4. The first-order valence-electron chi connectivity index (χ1n) is 10.0. The molecule has 3 aromatic rings.